The van der Waals surface area contributed by atoms with Crippen LogP contribution in [0.5, 0.6) is 0 Å². The molecule has 0 saturated carbocycles. The summed E-state index contributed by atoms with van der Waals surface area (Å²) in [4.78, 5) is 21.0. The molecular weight excluding hydrogens is 448 g/mol. The molecule has 0 aliphatic carbocycles. The van der Waals surface area contributed by atoms with Gasteiger partial charge in [0.25, 0.3) is 5.91 Å². The van der Waals surface area contributed by atoms with Crippen LogP contribution in [0.15, 0.2) is 85.2 Å². The van der Waals surface area contributed by atoms with E-state index in [2.05, 4.69) is 20.6 Å². The zero-order valence-corrected chi connectivity index (χ0v) is 17.6. The van der Waals surface area contributed by atoms with Crippen LogP contribution < -0.4 is 10.6 Å². The Kier molecular flexibility index (Phi) is 6.53. The Balaban J connectivity index is 1.43. The minimum Gasteiger partial charge on any atom is -0.348 e. The predicted octanol–water partition coefficient (Wildman–Crippen LogP) is 5.98. The molecule has 9 heteroatoms. The van der Waals surface area contributed by atoms with E-state index in [1.54, 1.807) is 42.7 Å². The van der Waals surface area contributed by atoms with Gasteiger partial charge in [-0.1, -0.05) is 36.4 Å². The lowest BCUT2D eigenvalue weighted by Crippen LogP contribution is -2.24. The Morgan fingerprint density at radius 2 is 1.59 bits per heavy atom. The van der Waals surface area contributed by atoms with Crippen molar-refractivity contribution in [3.8, 4) is 11.1 Å². The van der Waals surface area contributed by atoms with Gasteiger partial charge in [-0.3, -0.25) is 4.79 Å². The van der Waals surface area contributed by atoms with Crippen LogP contribution in [0, 0.1) is 5.82 Å². The lowest BCUT2D eigenvalue weighted by Gasteiger charge is -2.13. The van der Waals surface area contributed by atoms with Gasteiger partial charge in [0.05, 0.1) is 5.56 Å². The maximum Gasteiger partial charge on any atom is 0.416 e. The second kappa shape index (κ2) is 9.70. The first-order chi connectivity index (χ1) is 16.3. The monoisotopic (exact) mass is 466 g/mol. The lowest BCUT2D eigenvalue weighted by molar-refractivity contribution is -0.138. The summed E-state index contributed by atoms with van der Waals surface area (Å²) >= 11 is 0. The van der Waals surface area contributed by atoms with Crippen LogP contribution >= 0.6 is 0 Å². The van der Waals surface area contributed by atoms with Crippen LogP contribution in [0.3, 0.4) is 0 Å². The van der Waals surface area contributed by atoms with Crippen molar-refractivity contribution < 1.29 is 22.4 Å². The number of aromatic nitrogens is 2. The van der Waals surface area contributed by atoms with Gasteiger partial charge in [0.2, 0.25) is 5.95 Å². The number of hydrogen-bond acceptors (Lipinski definition) is 4. The Bertz CT molecular complexity index is 1310. The molecule has 0 radical (unpaired) electrons. The van der Waals surface area contributed by atoms with Gasteiger partial charge in [-0.2, -0.15) is 13.2 Å². The zero-order chi connectivity index (χ0) is 24.1. The fourth-order valence-corrected chi connectivity index (χ4v) is 3.31. The highest BCUT2D eigenvalue weighted by atomic mass is 19.4. The SMILES string of the molecule is O=C(NCc1ccccc1C(F)(F)F)c1cccc(Nc2ncc(-c3cccc(F)c3)cn2)c1. The largest absolute Gasteiger partial charge is 0.416 e. The Morgan fingerprint density at radius 1 is 0.853 bits per heavy atom. The number of carbonyl (C=O) groups is 1. The highest BCUT2D eigenvalue weighted by Gasteiger charge is 2.32. The number of halogens is 4. The first kappa shape index (κ1) is 22.9. The van der Waals surface area contributed by atoms with Crippen molar-refractivity contribution in [3.05, 3.63) is 108 Å². The van der Waals surface area contributed by atoms with Gasteiger partial charge in [-0.15, -0.1) is 0 Å². The van der Waals surface area contributed by atoms with Crippen LogP contribution in [0.4, 0.5) is 29.2 Å². The second-order valence-corrected chi connectivity index (χ2v) is 7.35. The quantitative estimate of drug-likeness (QED) is 0.344. The number of nitrogens with one attached hydrogen (secondary N) is 2. The molecule has 0 atom stereocenters. The maximum absolute atomic E-state index is 13.4. The Hall–Kier alpha value is -4.27. The van der Waals surface area contributed by atoms with Crippen molar-refractivity contribution in [2.24, 2.45) is 0 Å². The van der Waals surface area contributed by atoms with Gasteiger partial charge in [0, 0.05) is 35.8 Å². The predicted molar refractivity (Wildman–Crippen MR) is 120 cm³/mol. The molecule has 4 rings (SSSR count). The molecular formula is C25H18F4N4O. The van der Waals surface area contributed by atoms with E-state index < -0.39 is 17.6 Å². The topological polar surface area (TPSA) is 66.9 Å². The average molecular weight is 466 g/mol. The van der Waals surface area contributed by atoms with E-state index in [0.29, 0.717) is 16.8 Å². The van der Waals surface area contributed by atoms with Crippen molar-refractivity contribution in [1.29, 1.82) is 0 Å². The third-order valence-electron chi connectivity index (χ3n) is 4.95. The van der Waals surface area contributed by atoms with E-state index in [4.69, 9.17) is 0 Å². The first-order valence-electron chi connectivity index (χ1n) is 10.2. The second-order valence-electron chi connectivity index (χ2n) is 7.35. The summed E-state index contributed by atoms with van der Waals surface area (Å²) in [6.07, 6.45) is -1.42. The van der Waals surface area contributed by atoms with Gasteiger partial charge in [0.1, 0.15) is 5.82 Å². The number of carbonyl (C=O) groups excluding carboxylic acids is 1. The summed E-state index contributed by atoms with van der Waals surface area (Å²) in [6.45, 7) is -0.267. The summed E-state index contributed by atoms with van der Waals surface area (Å²) in [7, 11) is 0. The fourth-order valence-electron chi connectivity index (χ4n) is 3.31. The zero-order valence-electron chi connectivity index (χ0n) is 17.6. The molecule has 1 amide bonds. The summed E-state index contributed by atoms with van der Waals surface area (Å²) in [5.74, 6) is -0.628. The van der Waals surface area contributed by atoms with Crippen molar-refractivity contribution >= 4 is 17.5 Å². The molecule has 0 unspecified atom stereocenters. The normalized spacial score (nSPS) is 11.2. The molecule has 172 valence electrons. The number of benzene rings is 3. The van der Waals surface area contributed by atoms with Gasteiger partial charge in [0.15, 0.2) is 0 Å². The Morgan fingerprint density at radius 3 is 2.32 bits per heavy atom. The summed E-state index contributed by atoms with van der Waals surface area (Å²) < 4.78 is 52.8. The molecule has 0 aliphatic heterocycles. The van der Waals surface area contributed by atoms with Gasteiger partial charge < -0.3 is 10.6 Å². The molecule has 34 heavy (non-hydrogen) atoms. The van der Waals surface area contributed by atoms with Crippen LogP contribution in [-0.2, 0) is 12.7 Å². The minimum absolute atomic E-state index is 0.0237. The fraction of sp³-hybridized carbons (Fsp3) is 0.0800. The van der Waals surface area contributed by atoms with Crippen LogP contribution in [0.1, 0.15) is 21.5 Å². The number of alkyl halides is 3. The van der Waals surface area contributed by atoms with E-state index in [1.807, 2.05) is 0 Å². The lowest BCUT2D eigenvalue weighted by atomic mass is 10.1. The van der Waals surface area contributed by atoms with Crippen LogP contribution in [0.25, 0.3) is 11.1 Å². The molecule has 5 nitrogen and oxygen atoms in total. The number of amides is 1. The molecule has 0 aliphatic rings. The van der Waals surface area contributed by atoms with E-state index in [0.717, 1.165) is 6.07 Å². The van der Waals surface area contributed by atoms with Crippen LogP contribution in [-0.4, -0.2) is 15.9 Å². The molecule has 0 saturated heterocycles. The van der Waals surface area contributed by atoms with E-state index in [1.165, 1.54) is 36.4 Å². The highest BCUT2D eigenvalue weighted by Crippen LogP contribution is 2.31. The maximum atomic E-state index is 13.4. The van der Waals surface area contributed by atoms with Crippen LogP contribution in [0.2, 0.25) is 0 Å². The molecule has 3 aromatic carbocycles. The minimum atomic E-state index is -4.50. The standard InChI is InChI=1S/C25H18F4N4O/c26-20-8-3-6-16(11-20)19-14-31-24(32-15-19)33-21-9-4-7-17(12-21)23(34)30-13-18-5-1-2-10-22(18)25(27,28)29/h1-12,14-15H,13H2,(H,30,34)(H,31,32,33). The van der Waals surface area contributed by atoms with Gasteiger partial charge in [-0.25, -0.2) is 14.4 Å². The molecule has 1 heterocycles. The third kappa shape index (κ3) is 5.55. The van der Waals surface area contributed by atoms with E-state index in [-0.39, 0.29) is 29.4 Å². The third-order valence-corrected chi connectivity index (χ3v) is 4.95. The first-order valence-corrected chi connectivity index (χ1v) is 10.2. The van der Waals surface area contributed by atoms with Crippen molar-refractivity contribution in [3.63, 3.8) is 0 Å². The van der Waals surface area contributed by atoms with Gasteiger partial charge in [-0.05, 0) is 47.5 Å². The van der Waals surface area contributed by atoms with E-state index >= 15 is 0 Å². The summed E-state index contributed by atoms with van der Waals surface area (Å²) in [5, 5.41) is 5.49. The number of anilines is 2. The van der Waals surface area contributed by atoms with Crippen molar-refractivity contribution in [2.75, 3.05) is 5.32 Å². The summed E-state index contributed by atoms with van der Waals surface area (Å²) in [5.41, 5.74) is 1.23. The number of nitrogens with zero attached hydrogens (tertiary/aromatic N) is 2. The Labute approximate surface area is 192 Å². The smallest absolute Gasteiger partial charge is 0.348 e. The molecule has 2 N–H and O–H groups in total. The highest BCUT2D eigenvalue weighted by molar-refractivity contribution is 5.95. The molecule has 0 fully saturated rings. The summed E-state index contributed by atoms with van der Waals surface area (Å²) in [6, 6.07) is 17.5. The van der Waals surface area contributed by atoms with Crippen molar-refractivity contribution in [1.82, 2.24) is 15.3 Å². The average Bonchev–Trinajstić information content (AvgIpc) is 2.83. The van der Waals surface area contributed by atoms with Crippen molar-refractivity contribution in [2.45, 2.75) is 12.7 Å². The molecule has 1 aromatic heterocycles. The molecule has 0 spiro atoms. The van der Waals surface area contributed by atoms with E-state index in [9.17, 15) is 22.4 Å². The molecule has 4 aromatic rings. The number of hydrogen-bond donors (Lipinski definition) is 2. The number of rotatable bonds is 6. The molecule has 0 bridgehead atoms. The van der Waals surface area contributed by atoms with Gasteiger partial charge >= 0.3 is 6.18 Å².